The van der Waals surface area contributed by atoms with E-state index in [0.29, 0.717) is 0 Å². The third kappa shape index (κ3) is 2.83. The molecule has 0 saturated carbocycles. The summed E-state index contributed by atoms with van der Waals surface area (Å²) in [5.74, 6) is 0. The average Bonchev–Trinajstić information content (AvgIpc) is 2.32. The van der Waals surface area contributed by atoms with Crippen molar-refractivity contribution in [2.75, 3.05) is 0 Å². The van der Waals surface area contributed by atoms with E-state index in [1.165, 1.54) is 16.7 Å². The van der Waals surface area contributed by atoms with Crippen molar-refractivity contribution in [1.29, 1.82) is 0 Å². The average molecular weight is 265 g/mol. The van der Waals surface area contributed by atoms with Crippen molar-refractivity contribution < 1.29 is 0 Å². The zero-order valence-electron chi connectivity index (χ0n) is 9.87. The van der Waals surface area contributed by atoms with Crippen LogP contribution >= 0.6 is 23.2 Å². The van der Waals surface area contributed by atoms with Crippen LogP contribution in [0.2, 0.25) is 0 Å². The minimum Gasteiger partial charge on any atom is -0.100 e. The molecule has 2 heteroatoms. The Morgan fingerprint density at radius 2 is 1.71 bits per heavy atom. The Labute approximate surface area is 112 Å². The summed E-state index contributed by atoms with van der Waals surface area (Å²) in [6.45, 7) is 4.21. The predicted molar refractivity (Wildman–Crippen MR) is 75.8 cm³/mol. The number of hydrogen-bond acceptors (Lipinski definition) is 0. The third-order valence-corrected chi connectivity index (χ3v) is 3.35. The van der Waals surface area contributed by atoms with Gasteiger partial charge in [0.2, 0.25) is 0 Å². The lowest BCUT2D eigenvalue weighted by molar-refractivity contribution is 1.34. The molecule has 0 heterocycles. The molecule has 0 aliphatic rings. The van der Waals surface area contributed by atoms with E-state index in [2.05, 4.69) is 38.1 Å². The first-order chi connectivity index (χ1) is 8.08. The van der Waals surface area contributed by atoms with Crippen LogP contribution in [0.5, 0.6) is 0 Å². The Kier molecular flexibility index (Phi) is 3.76. The van der Waals surface area contributed by atoms with Crippen LogP contribution < -0.4 is 0 Å². The van der Waals surface area contributed by atoms with Crippen LogP contribution in [-0.2, 0) is 0 Å². The molecular formula is C15H14Cl2. The molecule has 0 N–H and O–H groups in total. The van der Waals surface area contributed by atoms with Crippen LogP contribution in [-0.4, -0.2) is 0 Å². The van der Waals surface area contributed by atoms with E-state index in [9.17, 15) is 0 Å². The largest absolute Gasteiger partial charge is 0.132 e. The molecule has 2 aromatic carbocycles. The molecule has 0 fully saturated rings. The predicted octanol–water partition coefficient (Wildman–Crippen LogP) is 5.45. The van der Waals surface area contributed by atoms with Crippen LogP contribution in [0.3, 0.4) is 0 Å². The van der Waals surface area contributed by atoms with Crippen LogP contribution in [0.1, 0.15) is 21.5 Å². The summed E-state index contributed by atoms with van der Waals surface area (Å²) in [6, 6.07) is 14.5. The fourth-order valence-corrected chi connectivity index (χ4v) is 2.16. The van der Waals surface area contributed by atoms with Gasteiger partial charge in [0.1, 0.15) is 4.84 Å². The van der Waals surface area contributed by atoms with E-state index in [4.69, 9.17) is 23.2 Å². The molecule has 88 valence electrons. The van der Waals surface area contributed by atoms with Gasteiger partial charge in [-0.15, -0.1) is 23.2 Å². The minimum absolute atomic E-state index is 0.472. The van der Waals surface area contributed by atoms with E-state index < -0.39 is 4.84 Å². The van der Waals surface area contributed by atoms with Crippen LogP contribution in [0, 0.1) is 13.8 Å². The Hall–Kier alpha value is -0.980. The van der Waals surface area contributed by atoms with Gasteiger partial charge in [-0.05, 0) is 42.2 Å². The minimum atomic E-state index is -0.472. The van der Waals surface area contributed by atoms with Gasteiger partial charge in [0, 0.05) is 0 Å². The Bertz CT molecular complexity index is 530. The summed E-state index contributed by atoms with van der Waals surface area (Å²) in [5, 5.41) is 0. The third-order valence-electron chi connectivity index (χ3n) is 2.84. The highest BCUT2D eigenvalue weighted by Crippen LogP contribution is 2.30. The van der Waals surface area contributed by atoms with Gasteiger partial charge in [-0.25, -0.2) is 0 Å². The first-order valence-corrected chi connectivity index (χ1v) is 6.41. The zero-order chi connectivity index (χ0) is 12.4. The summed E-state index contributed by atoms with van der Waals surface area (Å²) in [7, 11) is 0. The molecule has 0 unspecified atom stereocenters. The second-order valence-electron chi connectivity index (χ2n) is 4.24. The summed E-state index contributed by atoms with van der Waals surface area (Å²) < 4.78 is 0. The van der Waals surface area contributed by atoms with Gasteiger partial charge < -0.3 is 0 Å². The number of halogens is 2. The number of aryl methyl sites for hydroxylation is 2. The molecule has 0 amide bonds. The molecule has 0 spiro atoms. The quantitative estimate of drug-likeness (QED) is 0.633. The van der Waals surface area contributed by atoms with E-state index in [-0.39, 0.29) is 0 Å². The maximum atomic E-state index is 5.90. The van der Waals surface area contributed by atoms with Crippen molar-refractivity contribution in [2.45, 2.75) is 18.7 Å². The number of hydrogen-bond donors (Lipinski definition) is 0. The first kappa shape index (κ1) is 12.5. The SMILES string of the molecule is Cc1ccc(C)c(-c2cccc(C(Cl)Cl)c2)c1. The molecule has 2 rings (SSSR count). The van der Waals surface area contributed by atoms with Crippen LogP contribution in [0.25, 0.3) is 11.1 Å². The monoisotopic (exact) mass is 264 g/mol. The van der Waals surface area contributed by atoms with Gasteiger partial charge in [0.05, 0.1) is 0 Å². The maximum Gasteiger partial charge on any atom is 0.132 e. The van der Waals surface area contributed by atoms with Crippen molar-refractivity contribution in [1.82, 2.24) is 0 Å². The lowest BCUT2D eigenvalue weighted by Crippen LogP contribution is -1.87. The highest BCUT2D eigenvalue weighted by atomic mass is 35.5. The summed E-state index contributed by atoms with van der Waals surface area (Å²) in [6.07, 6.45) is 0. The van der Waals surface area contributed by atoms with E-state index >= 15 is 0 Å². The smallest absolute Gasteiger partial charge is 0.100 e. The van der Waals surface area contributed by atoms with E-state index in [0.717, 1.165) is 11.1 Å². The lowest BCUT2D eigenvalue weighted by atomic mass is 9.97. The van der Waals surface area contributed by atoms with Gasteiger partial charge in [0.25, 0.3) is 0 Å². The zero-order valence-corrected chi connectivity index (χ0v) is 11.4. The lowest BCUT2D eigenvalue weighted by Gasteiger charge is -2.09. The van der Waals surface area contributed by atoms with E-state index in [1.807, 2.05) is 18.2 Å². The highest BCUT2D eigenvalue weighted by Gasteiger charge is 2.07. The Morgan fingerprint density at radius 1 is 0.941 bits per heavy atom. The van der Waals surface area contributed by atoms with Crippen LogP contribution in [0.15, 0.2) is 42.5 Å². The molecule has 0 aliphatic carbocycles. The molecule has 0 saturated heterocycles. The number of rotatable bonds is 2. The second-order valence-corrected chi connectivity index (χ2v) is 5.34. The van der Waals surface area contributed by atoms with Gasteiger partial charge in [0.15, 0.2) is 0 Å². The number of benzene rings is 2. The normalized spacial score (nSPS) is 10.9. The van der Waals surface area contributed by atoms with Gasteiger partial charge in [-0.3, -0.25) is 0 Å². The Balaban J connectivity index is 2.52. The van der Waals surface area contributed by atoms with Gasteiger partial charge in [-0.2, -0.15) is 0 Å². The molecule has 0 atom stereocenters. The molecule has 17 heavy (non-hydrogen) atoms. The molecule has 0 aliphatic heterocycles. The molecule has 0 nitrogen and oxygen atoms in total. The summed E-state index contributed by atoms with van der Waals surface area (Å²) in [4.78, 5) is -0.472. The number of alkyl halides is 2. The molecule has 0 radical (unpaired) electrons. The van der Waals surface area contributed by atoms with Crippen LogP contribution in [0.4, 0.5) is 0 Å². The van der Waals surface area contributed by atoms with Gasteiger partial charge in [-0.1, -0.05) is 42.0 Å². The molecule has 0 aromatic heterocycles. The molecular weight excluding hydrogens is 251 g/mol. The van der Waals surface area contributed by atoms with Crippen molar-refractivity contribution in [2.24, 2.45) is 0 Å². The first-order valence-electron chi connectivity index (χ1n) is 5.53. The van der Waals surface area contributed by atoms with Crippen molar-refractivity contribution >= 4 is 23.2 Å². The van der Waals surface area contributed by atoms with Crippen molar-refractivity contribution in [3.63, 3.8) is 0 Å². The summed E-state index contributed by atoms with van der Waals surface area (Å²) in [5.41, 5.74) is 5.85. The van der Waals surface area contributed by atoms with Crippen molar-refractivity contribution in [3.8, 4) is 11.1 Å². The summed E-state index contributed by atoms with van der Waals surface area (Å²) >= 11 is 11.8. The Morgan fingerprint density at radius 3 is 2.41 bits per heavy atom. The topological polar surface area (TPSA) is 0 Å². The second kappa shape index (κ2) is 5.12. The molecule has 0 bridgehead atoms. The standard InChI is InChI=1S/C15H14Cl2/c1-10-6-7-11(2)14(8-10)12-4-3-5-13(9-12)15(16)17/h3-9,15H,1-2H3. The molecule has 2 aromatic rings. The van der Waals surface area contributed by atoms with E-state index in [1.54, 1.807) is 0 Å². The van der Waals surface area contributed by atoms with Gasteiger partial charge >= 0.3 is 0 Å². The highest BCUT2D eigenvalue weighted by molar-refractivity contribution is 6.44. The van der Waals surface area contributed by atoms with Crippen molar-refractivity contribution in [3.05, 3.63) is 59.2 Å². The fraction of sp³-hybridized carbons (Fsp3) is 0.200. The maximum absolute atomic E-state index is 5.90. The fourth-order valence-electron chi connectivity index (χ4n) is 1.89.